The summed E-state index contributed by atoms with van der Waals surface area (Å²) < 4.78 is 5.92. The first-order valence-corrected chi connectivity index (χ1v) is 10.4. The molecule has 0 N–H and O–H groups in total. The molecule has 0 bridgehead atoms. The molecule has 34 heavy (non-hydrogen) atoms. The van der Waals surface area contributed by atoms with Gasteiger partial charge in [-0.25, -0.2) is 5.01 Å². The van der Waals surface area contributed by atoms with E-state index in [4.69, 9.17) is 4.42 Å². The Bertz CT molecular complexity index is 1420. The molecule has 4 aromatic rings. The van der Waals surface area contributed by atoms with Crippen molar-refractivity contribution in [1.29, 1.82) is 0 Å². The number of benzene rings is 3. The zero-order chi connectivity index (χ0) is 23.4. The molecule has 0 saturated carbocycles. The van der Waals surface area contributed by atoms with Gasteiger partial charge in [0.2, 0.25) is 11.8 Å². The summed E-state index contributed by atoms with van der Waals surface area (Å²) >= 11 is 0. The Morgan fingerprint density at radius 3 is 2.03 bits per heavy atom. The molecule has 1 saturated heterocycles. The number of aromatic nitrogens is 2. The SMILES string of the molecule is O=C1c2ccccc2C(=O)N1N1C(c2ccc([N+](=O)[O-])cc2)C1c1nnc(-c2ccccc2)o1. The number of nitro benzene ring substituents is 1. The number of amides is 2. The average molecular weight is 453 g/mol. The third-order valence-corrected chi connectivity index (χ3v) is 5.94. The van der Waals surface area contributed by atoms with Crippen molar-refractivity contribution in [2.75, 3.05) is 0 Å². The van der Waals surface area contributed by atoms with Crippen molar-refractivity contribution in [2.45, 2.75) is 12.1 Å². The van der Waals surface area contributed by atoms with Gasteiger partial charge in [-0.3, -0.25) is 19.7 Å². The number of non-ortho nitro benzene ring substituents is 1. The fourth-order valence-corrected chi connectivity index (χ4v) is 4.28. The van der Waals surface area contributed by atoms with Crippen LogP contribution in [0.2, 0.25) is 0 Å². The molecule has 3 atom stereocenters. The number of nitrogens with zero attached hydrogens (tertiary/aromatic N) is 5. The molecular weight excluding hydrogens is 438 g/mol. The average Bonchev–Trinajstić information content (AvgIpc) is 3.27. The quantitative estimate of drug-likeness (QED) is 0.193. The highest BCUT2D eigenvalue weighted by Crippen LogP contribution is 2.56. The summed E-state index contributed by atoms with van der Waals surface area (Å²) in [4.78, 5) is 36.8. The first-order chi connectivity index (χ1) is 16.5. The van der Waals surface area contributed by atoms with E-state index in [1.807, 2.05) is 30.3 Å². The highest BCUT2D eigenvalue weighted by Gasteiger charge is 2.61. The van der Waals surface area contributed by atoms with Gasteiger partial charge in [-0.2, -0.15) is 5.01 Å². The van der Waals surface area contributed by atoms with Crippen molar-refractivity contribution in [3.8, 4) is 11.5 Å². The van der Waals surface area contributed by atoms with E-state index in [-0.39, 0.29) is 11.6 Å². The fraction of sp³-hybridized carbons (Fsp3) is 0.0833. The second kappa shape index (κ2) is 7.42. The van der Waals surface area contributed by atoms with Crippen LogP contribution in [0.15, 0.2) is 83.3 Å². The molecule has 2 aliphatic rings. The molecule has 1 fully saturated rings. The number of hydrogen-bond donors (Lipinski definition) is 0. The van der Waals surface area contributed by atoms with E-state index in [9.17, 15) is 19.7 Å². The van der Waals surface area contributed by atoms with Crippen molar-refractivity contribution >= 4 is 17.5 Å². The smallest absolute Gasteiger partial charge is 0.276 e. The predicted molar refractivity (Wildman–Crippen MR) is 117 cm³/mol. The summed E-state index contributed by atoms with van der Waals surface area (Å²) in [6, 6.07) is 20.7. The highest BCUT2D eigenvalue weighted by molar-refractivity contribution is 6.21. The lowest BCUT2D eigenvalue weighted by atomic mass is 10.1. The Morgan fingerprint density at radius 1 is 0.794 bits per heavy atom. The van der Waals surface area contributed by atoms with Crippen molar-refractivity contribution in [2.24, 2.45) is 0 Å². The van der Waals surface area contributed by atoms with Crippen LogP contribution >= 0.6 is 0 Å². The summed E-state index contributed by atoms with van der Waals surface area (Å²) in [5.41, 5.74) is 1.98. The lowest BCUT2D eigenvalue weighted by Crippen LogP contribution is -2.35. The molecule has 2 aliphatic heterocycles. The molecule has 0 radical (unpaired) electrons. The van der Waals surface area contributed by atoms with Crippen LogP contribution < -0.4 is 0 Å². The minimum Gasteiger partial charge on any atom is -0.419 e. The van der Waals surface area contributed by atoms with Crippen molar-refractivity contribution in [3.05, 3.63) is 112 Å². The number of carbonyl (C=O) groups excluding carboxylic acids is 2. The molecule has 10 nitrogen and oxygen atoms in total. The van der Waals surface area contributed by atoms with Crippen LogP contribution in [-0.2, 0) is 0 Å². The van der Waals surface area contributed by atoms with Gasteiger partial charge < -0.3 is 4.42 Å². The van der Waals surface area contributed by atoms with Gasteiger partial charge in [0.15, 0.2) is 0 Å². The molecule has 6 rings (SSSR count). The van der Waals surface area contributed by atoms with E-state index in [2.05, 4.69) is 10.2 Å². The number of hydrazine groups is 1. The Morgan fingerprint density at radius 2 is 1.41 bits per heavy atom. The zero-order valence-corrected chi connectivity index (χ0v) is 17.4. The van der Waals surface area contributed by atoms with Gasteiger partial charge in [0.1, 0.15) is 6.04 Å². The molecule has 3 aromatic carbocycles. The van der Waals surface area contributed by atoms with E-state index in [0.29, 0.717) is 22.6 Å². The largest absolute Gasteiger partial charge is 0.419 e. The van der Waals surface area contributed by atoms with Gasteiger partial charge >= 0.3 is 0 Å². The second-order valence-corrected chi connectivity index (χ2v) is 7.90. The monoisotopic (exact) mass is 453 g/mol. The van der Waals surface area contributed by atoms with Gasteiger partial charge in [0.05, 0.1) is 22.1 Å². The first-order valence-electron chi connectivity index (χ1n) is 10.4. The first kappa shape index (κ1) is 19.9. The number of carbonyl (C=O) groups is 2. The highest BCUT2D eigenvalue weighted by atomic mass is 16.6. The van der Waals surface area contributed by atoms with Crippen LogP contribution in [0.4, 0.5) is 5.69 Å². The predicted octanol–water partition coefficient (Wildman–Crippen LogP) is 3.95. The summed E-state index contributed by atoms with van der Waals surface area (Å²) in [6.07, 6.45) is 0. The van der Waals surface area contributed by atoms with E-state index >= 15 is 0 Å². The molecular formula is C24H15N5O5. The normalized spacial score (nSPS) is 20.9. The number of rotatable bonds is 5. The Hall–Kier alpha value is -4.70. The van der Waals surface area contributed by atoms with Gasteiger partial charge in [-0.05, 0) is 29.8 Å². The van der Waals surface area contributed by atoms with Crippen LogP contribution in [-0.4, -0.2) is 37.0 Å². The molecule has 2 amide bonds. The molecule has 0 spiro atoms. The molecule has 0 aliphatic carbocycles. The summed E-state index contributed by atoms with van der Waals surface area (Å²) in [7, 11) is 0. The second-order valence-electron chi connectivity index (χ2n) is 7.90. The summed E-state index contributed by atoms with van der Waals surface area (Å²) in [6.45, 7) is 0. The van der Waals surface area contributed by atoms with Crippen LogP contribution in [0.3, 0.4) is 0 Å². The molecule has 166 valence electrons. The summed E-state index contributed by atoms with van der Waals surface area (Å²) in [5, 5.41) is 22.1. The fourth-order valence-electron chi connectivity index (χ4n) is 4.28. The van der Waals surface area contributed by atoms with E-state index in [0.717, 1.165) is 10.6 Å². The number of imide groups is 1. The topological polar surface area (TPSA) is 122 Å². The Balaban J connectivity index is 1.39. The number of fused-ring (bicyclic) bond motifs is 1. The molecule has 3 heterocycles. The van der Waals surface area contributed by atoms with Gasteiger partial charge in [-0.15, -0.1) is 10.2 Å². The van der Waals surface area contributed by atoms with Gasteiger partial charge in [-0.1, -0.05) is 42.5 Å². The van der Waals surface area contributed by atoms with Crippen LogP contribution in [0, 0.1) is 10.1 Å². The van der Waals surface area contributed by atoms with Gasteiger partial charge in [0, 0.05) is 17.7 Å². The lowest BCUT2D eigenvalue weighted by Gasteiger charge is -2.16. The van der Waals surface area contributed by atoms with Crippen LogP contribution in [0.25, 0.3) is 11.5 Å². The zero-order valence-electron chi connectivity index (χ0n) is 17.4. The summed E-state index contributed by atoms with van der Waals surface area (Å²) in [5.74, 6) is -0.346. The third-order valence-electron chi connectivity index (χ3n) is 5.94. The number of nitro groups is 1. The lowest BCUT2D eigenvalue weighted by molar-refractivity contribution is -0.384. The van der Waals surface area contributed by atoms with E-state index in [1.54, 1.807) is 41.4 Å². The van der Waals surface area contributed by atoms with E-state index < -0.39 is 28.8 Å². The van der Waals surface area contributed by atoms with Crippen LogP contribution in [0.1, 0.15) is 44.3 Å². The minimum absolute atomic E-state index is 0.0580. The van der Waals surface area contributed by atoms with Crippen molar-refractivity contribution < 1.29 is 18.9 Å². The maximum absolute atomic E-state index is 13.1. The minimum atomic E-state index is -0.589. The molecule has 1 aromatic heterocycles. The molecule has 3 unspecified atom stereocenters. The Kier molecular flexibility index (Phi) is 4.36. The Labute approximate surface area is 192 Å². The van der Waals surface area contributed by atoms with E-state index in [1.165, 1.54) is 12.1 Å². The number of hydrogen-bond acceptors (Lipinski definition) is 8. The maximum Gasteiger partial charge on any atom is 0.276 e. The van der Waals surface area contributed by atoms with Crippen molar-refractivity contribution in [1.82, 2.24) is 20.2 Å². The van der Waals surface area contributed by atoms with Crippen LogP contribution in [0.5, 0.6) is 0 Å². The van der Waals surface area contributed by atoms with Crippen molar-refractivity contribution in [3.63, 3.8) is 0 Å². The third kappa shape index (κ3) is 3.00. The molecule has 10 heteroatoms. The standard InChI is InChI=1S/C24H15N5O5/c30-23-17-8-4-5-9-18(17)24(31)28(23)27-19(14-10-12-16(13-11-14)29(32)33)20(27)22-26-25-21(34-22)15-6-2-1-3-7-15/h1-13,19-20H. The van der Waals surface area contributed by atoms with Gasteiger partial charge in [0.25, 0.3) is 17.5 Å². The maximum atomic E-state index is 13.1.